The predicted molar refractivity (Wildman–Crippen MR) is 96.9 cm³/mol. The second-order valence-electron chi connectivity index (χ2n) is 8.55. The minimum atomic E-state index is -0.695. The molecule has 0 radical (unpaired) electrons. The molecular weight excluding hydrogens is 334 g/mol. The van der Waals surface area contributed by atoms with E-state index in [2.05, 4.69) is 10.6 Å². The average molecular weight is 367 g/mol. The lowest BCUT2D eigenvalue weighted by Crippen LogP contribution is -2.54. The number of carbonyl (C=O) groups excluding carboxylic acids is 2. The van der Waals surface area contributed by atoms with Gasteiger partial charge in [-0.1, -0.05) is 0 Å². The topological polar surface area (TPSA) is 125 Å². The summed E-state index contributed by atoms with van der Waals surface area (Å²) in [5.41, 5.74) is 6.21. The van der Waals surface area contributed by atoms with Crippen LogP contribution in [0, 0.1) is 23.7 Å². The van der Waals surface area contributed by atoms with Gasteiger partial charge in [0.2, 0.25) is 11.8 Å². The zero-order chi connectivity index (χ0) is 18.8. The van der Waals surface area contributed by atoms with Crippen molar-refractivity contribution in [3.8, 4) is 0 Å². The van der Waals surface area contributed by atoms with Crippen molar-refractivity contribution in [1.82, 2.24) is 10.6 Å². The van der Waals surface area contributed by atoms with Gasteiger partial charge >= 0.3 is 0 Å². The van der Waals surface area contributed by atoms with Crippen LogP contribution < -0.4 is 16.4 Å². The normalized spacial score (nSPS) is 45.2. The molecule has 7 heteroatoms. The van der Waals surface area contributed by atoms with Gasteiger partial charge in [-0.2, -0.15) is 0 Å². The van der Waals surface area contributed by atoms with Crippen LogP contribution in [0.5, 0.6) is 0 Å². The molecule has 3 aliphatic rings. The van der Waals surface area contributed by atoms with Crippen molar-refractivity contribution in [3.05, 3.63) is 0 Å². The maximum atomic E-state index is 12.5. The Balaban J connectivity index is 1.81. The van der Waals surface area contributed by atoms with Gasteiger partial charge in [0.1, 0.15) is 6.04 Å². The Bertz CT molecular complexity index is 529. The molecule has 2 aliphatic carbocycles. The monoisotopic (exact) mass is 367 g/mol. The highest BCUT2D eigenvalue weighted by atomic mass is 16.3. The summed E-state index contributed by atoms with van der Waals surface area (Å²) < 4.78 is 0. The highest BCUT2D eigenvalue weighted by Gasteiger charge is 2.43. The van der Waals surface area contributed by atoms with Gasteiger partial charge < -0.3 is 26.6 Å². The molecule has 6 N–H and O–H groups in total. The van der Waals surface area contributed by atoms with Crippen molar-refractivity contribution < 1.29 is 19.8 Å². The van der Waals surface area contributed by atoms with Gasteiger partial charge in [-0.15, -0.1) is 0 Å². The summed E-state index contributed by atoms with van der Waals surface area (Å²) >= 11 is 0. The quantitative estimate of drug-likeness (QED) is 0.409. The van der Waals surface area contributed by atoms with Crippen molar-refractivity contribution in [2.45, 2.75) is 76.2 Å². The summed E-state index contributed by atoms with van der Waals surface area (Å²) in [6, 6.07) is -1.30. The van der Waals surface area contributed by atoms with Gasteiger partial charge in [0, 0.05) is 6.54 Å². The molecule has 0 aromatic heterocycles. The molecule has 1 heterocycles. The minimum absolute atomic E-state index is 0.0136. The van der Waals surface area contributed by atoms with E-state index in [1.807, 2.05) is 0 Å². The maximum Gasteiger partial charge on any atom is 0.242 e. The Kier molecular flexibility index (Phi) is 6.20. The van der Waals surface area contributed by atoms with E-state index in [0.717, 1.165) is 25.7 Å². The Morgan fingerprint density at radius 3 is 2.31 bits per heavy atom. The Hall–Kier alpha value is -1.18. The van der Waals surface area contributed by atoms with Gasteiger partial charge in [0.25, 0.3) is 0 Å². The van der Waals surface area contributed by atoms with Crippen molar-refractivity contribution in [2.75, 3.05) is 6.54 Å². The lowest BCUT2D eigenvalue weighted by atomic mass is 9.64. The third-order valence-corrected chi connectivity index (χ3v) is 6.84. The van der Waals surface area contributed by atoms with Crippen LogP contribution in [0.25, 0.3) is 0 Å². The van der Waals surface area contributed by atoms with E-state index in [1.165, 1.54) is 0 Å². The molecule has 1 saturated heterocycles. The van der Waals surface area contributed by atoms with Gasteiger partial charge in [-0.3, -0.25) is 9.59 Å². The predicted octanol–water partition coefficient (Wildman–Crippen LogP) is -0.107. The molecule has 0 spiro atoms. The third-order valence-electron chi connectivity index (χ3n) is 6.84. The van der Waals surface area contributed by atoms with E-state index in [9.17, 15) is 19.8 Å². The second kappa shape index (κ2) is 8.23. The van der Waals surface area contributed by atoms with Gasteiger partial charge in [-0.25, -0.2) is 0 Å². The summed E-state index contributed by atoms with van der Waals surface area (Å²) in [4.78, 5) is 24.7. The molecule has 0 unspecified atom stereocenters. The molecule has 2 saturated carbocycles. The average Bonchev–Trinajstić information content (AvgIpc) is 2.62. The van der Waals surface area contributed by atoms with E-state index in [1.54, 1.807) is 6.92 Å². The van der Waals surface area contributed by atoms with Crippen molar-refractivity contribution >= 4 is 11.8 Å². The zero-order valence-corrected chi connectivity index (χ0v) is 15.6. The van der Waals surface area contributed by atoms with Gasteiger partial charge in [0.05, 0.1) is 18.2 Å². The van der Waals surface area contributed by atoms with Crippen molar-refractivity contribution in [1.29, 1.82) is 0 Å². The van der Waals surface area contributed by atoms with Gasteiger partial charge in [-0.05, 0) is 75.5 Å². The molecule has 1 aliphatic heterocycles. The summed E-state index contributed by atoms with van der Waals surface area (Å²) in [5, 5.41) is 26.7. The number of nitrogens with two attached hydrogens (primary N) is 1. The first-order valence-corrected chi connectivity index (χ1v) is 10.1. The van der Waals surface area contributed by atoms with Crippen LogP contribution >= 0.6 is 0 Å². The van der Waals surface area contributed by atoms with Crippen molar-refractivity contribution in [2.24, 2.45) is 29.4 Å². The number of nitrogens with one attached hydrogen (secondary N) is 2. The fourth-order valence-electron chi connectivity index (χ4n) is 5.15. The Labute approximate surface area is 155 Å². The van der Waals surface area contributed by atoms with Gasteiger partial charge in [0.15, 0.2) is 0 Å². The summed E-state index contributed by atoms with van der Waals surface area (Å²) in [6.45, 7) is 2.24. The highest BCUT2D eigenvalue weighted by molar-refractivity contribution is 5.89. The number of carbonyl (C=O) groups is 2. The number of rotatable bonds is 0. The third kappa shape index (κ3) is 4.21. The SMILES string of the molecule is C[C@@H]1NC(=O)[C@@H](N)[C@H]2CC[C@H](O)[C@@H](C2)[C@@H]2C[C@@H](CCNC1=O)CC[C@@H]2O. The number of fused-ring (bicyclic) bond motifs is 5. The zero-order valence-electron chi connectivity index (χ0n) is 15.6. The lowest BCUT2D eigenvalue weighted by molar-refractivity contribution is -0.131. The number of amides is 2. The molecule has 2 amide bonds. The molecule has 3 rings (SSSR count). The molecule has 4 bridgehead atoms. The molecule has 148 valence electrons. The first kappa shape index (κ1) is 19.6. The summed E-state index contributed by atoms with van der Waals surface area (Å²) in [5.74, 6) is -0.0643. The first-order chi connectivity index (χ1) is 12.4. The molecule has 26 heavy (non-hydrogen) atoms. The summed E-state index contributed by atoms with van der Waals surface area (Å²) in [6.07, 6.45) is 4.53. The van der Waals surface area contributed by atoms with E-state index >= 15 is 0 Å². The van der Waals surface area contributed by atoms with Crippen LogP contribution in [0.2, 0.25) is 0 Å². The minimum Gasteiger partial charge on any atom is -0.393 e. The molecule has 0 aromatic carbocycles. The number of aliphatic hydroxyl groups excluding tert-OH is 2. The molecule has 7 nitrogen and oxygen atoms in total. The summed E-state index contributed by atoms with van der Waals surface area (Å²) in [7, 11) is 0. The van der Waals surface area contributed by atoms with Crippen LogP contribution in [0.15, 0.2) is 0 Å². The van der Waals surface area contributed by atoms with Crippen LogP contribution in [-0.4, -0.2) is 52.9 Å². The lowest BCUT2D eigenvalue weighted by Gasteiger charge is -2.44. The largest absolute Gasteiger partial charge is 0.393 e. The van der Waals surface area contributed by atoms with Crippen LogP contribution in [0.1, 0.15) is 51.9 Å². The highest BCUT2D eigenvalue weighted by Crippen LogP contribution is 2.43. The number of hydrogen-bond acceptors (Lipinski definition) is 5. The molecule has 8 atom stereocenters. The van der Waals surface area contributed by atoms with Crippen LogP contribution in [0.4, 0.5) is 0 Å². The smallest absolute Gasteiger partial charge is 0.242 e. The standard InChI is InChI=1S/C19H33N3O4/c1-10-18(25)21-7-6-11-2-4-15(23)13(8-11)14-9-12(3-5-16(14)24)17(20)19(26)22-10/h10-17,23-24H,2-9,20H2,1H3,(H,21,25)(H,22,26)/t10-,11+,12-,13-,14-,15-,16-,17-/m0/s1. The fourth-order valence-corrected chi connectivity index (χ4v) is 5.15. The van der Waals surface area contributed by atoms with E-state index in [4.69, 9.17) is 5.73 Å². The second-order valence-corrected chi connectivity index (χ2v) is 8.55. The number of hydrogen-bond donors (Lipinski definition) is 5. The van der Waals surface area contributed by atoms with Crippen LogP contribution in [-0.2, 0) is 9.59 Å². The first-order valence-electron chi connectivity index (χ1n) is 10.1. The number of aliphatic hydroxyl groups is 2. The molecule has 3 fully saturated rings. The fraction of sp³-hybridized carbons (Fsp3) is 0.895. The van der Waals surface area contributed by atoms with E-state index in [0.29, 0.717) is 31.7 Å². The molecule has 0 aromatic rings. The van der Waals surface area contributed by atoms with Crippen LogP contribution in [0.3, 0.4) is 0 Å². The maximum absolute atomic E-state index is 12.5. The van der Waals surface area contributed by atoms with Crippen molar-refractivity contribution in [3.63, 3.8) is 0 Å². The molecular formula is C19H33N3O4. The Morgan fingerprint density at radius 1 is 0.923 bits per heavy atom. The Morgan fingerprint density at radius 2 is 1.58 bits per heavy atom. The van der Waals surface area contributed by atoms with E-state index < -0.39 is 24.3 Å². The van der Waals surface area contributed by atoms with E-state index in [-0.39, 0.29) is 29.6 Å².